The van der Waals surface area contributed by atoms with Gasteiger partial charge >= 0.3 is 0 Å². The number of aliphatic hydroxyl groups is 1. The molecule has 2 heterocycles. The SMILES string of the molecule is CCCc1ccccc1C(=O)N1CCCCC1Cc1nc(C(C)(C)O)c(C)o1. The minimum absolute atomic E-state index is 0.0728. The van der Waals surface area contributed by atoms with Crippen LogP contribution in [0.25, 0.3) is 0 Å². The van der Waals surface area contributed by atoms with E-state index in [1.54, 1.807) is 13.8 Å². The Balaban J connectivity index is 1.82. The lowest BCUT2D eigenvalue weighted by Gasteiger charge is -2.35. The number of aryl methyl sites for hydroxylation is 2. The van der Waals surface area contributed by atoms with Gasteiger partial charge in [-0.05, 0) is 58.1 Å². The lowest BCUT2D eigenvalue weighted by atomic mass is 9.96. The fourth-order valence-electron chi connectivity index (χ4n) is 4.16. The lowest BCUT2D eigenvalue weighted by Crippen LogP contribution is -2.45. The van der Waals surface area contributed by atoms with Gasteiger partial charge in [0.1, 0.15) is 17.1 Å². The molecule has 1 unspecified atom stereocenters. The monoisotopic (exact) mass is 384 g/mol. The van der Waals surface area contributed by atoms with E-state index in [4.69, 9.17) is 4.42 Å². The molecule has 1 amide bonds. The van der Waals surface area contributed by atoms with Crippen LogP contribution in [0.3, 0.4) is 0 Å². The average molecular weight is 385 g/mol. The molecular formula is C23H32N2O3. The molecule has 1 aromatic heterocycles. The molecule has 1 fully saturated rings. The quantitative estimate of drug-likeness (QED) is 0.802. The van der Waals surface area contributed by atoms with Crippen LogP contribution in [-0.2, 0) is 18.4 Å². The molecule has 0 aliphatic carbocycles. The summed E-state index contributed by atoms with van der Waals surface area (Å²) in [5, 5.41) is 10.3. The van der Waals surface area contributed by atoms with Gasteiger partial charge in [0.2, 0.25) is 0 Å². The number of hydrogen-bond donors (Lipinski definition) is 1. The van der Waals surface area contributed by atoms with Crippen LogP contribution in [0.15, 0.2) is 28.7 Å². The van der Waals surface area contributed by atoms with E-state index >= 15 is 0 Å². The van der Waals surface area contributed by atoms with Crippen LogP contribution in [0.4, 0.5) is 0 Å². The van der Waals surface area contributed by atoms with Crippen LogP contribution in [0.5, 0.6) is 0 Å². The summed E-state index contributed by atoms with van der Waals surface area (Å²) in [4.78, 5) is 19.9. The largest absolute Gasteiger partial charge is 0.446 e. The Morgan fingerprint density at radius 1 is 1.32 bits per heavy atom. The van der Waals surface area contributed by atoms with Crippen molar-refractivity contribution in [1.29, 1.82) is 0 Å². The van der Waals surface area contributed by atoms with Crippen molar-refractivity contribution < 1.29 is 14.3 Å². The molecule has 0 spiro atoms. The number of hydrogen-bond acceptors (Lipinski definition) is 4. The fraction of sp³-hybridized carbons (Fsp3) is 0.565. The first kappa shape index (κ1) is 20.6. The second kappa shape index (κ2) is 8.48. The lowest BCUT2D eigenvalue weighted by molar-refractivity contribution is 0.0602. The Morgan fingerprint density at radius 3 is 2.75 bits per heavy atom. The Labute approximate surface area is 167 Å². The number of rotatable bonds is 6. The van der Waals surface area contributed by atoms with E-state index in [-0.39, 0.29) is 11.9 Å². The molecular weight excluding hydrogens is 352 g/mol. The Hall–Kier alpha value is -2.14. The topological polar surface area (TPSA) is 66.6 Å². The number of piperidine rings is 1. The second-order valence-corrected chi connectivity index (χ2v) is 8.33. The summed E-state index contributed by atoms with van der Waals surface area (Å²) in [7, 11) is 0. The zero-order chi connectivity index (χ0) is 20.3. The molecule has 1 aliphatic heterocycles. The first-order valence-electron chi connectivity index (χ1n) is 10.4. The molecule has 3 rings (SSSR count). The molecule has 1 aromatic carbocycles. The van der Waals surface area contributed by atoms with Crippen molar-refractivity contribution in [2.75, 3.05) is 6.54 Å². The van der Waals surface area contributed by atoms with Gasteiger partial charge in [-0.3, -0.25) is 4.79 Å². The van der Waals surface area contributed by atoms with Gasteiger partial charge in [-0.1, -0.05) is 31.5 Å². The molecule has 0 saturated carbocycles. The van der Waals surface area contributed by atoms with Crippen molar-refractivity contribution >= 4 is 5.91 Å². The highest BCUT2D eigenvalue weighted by molar-refractivity contribution is 5.96. The van der Waals surface area contributed by atoms with Gasteiger partial charge in [0.15, 0.2) is 5.89 Å². The number of benzene rings is 1. The summed E-state index contributed by atoms with van der Waals surface area (Å²) in [5.41, 5.74) is 1.48. The normalized spacial score (nSPS) is 17.8. The Kier molecular flexibility index (Phi) is 6.23. The zero-order valence-electron chi connectivity index (χ0n) is 17.5. The number of carbonyl (C=O) groups excluding carboxylic acids is 1. The van der Waals surface area contributed by atoms with E-state index in [0.717, 1.165) is 49.8 Å². The smallest absolute Gasteiger partial charge is 0.254 e. The summed E-state index contributed by atoms with van der Waals surface area (Å²) < 4.78 is 5.83. The van der Waals surface area contributed by atoms with E-state index in [9.17, 15) is 9.90 Å². The number of nitrogens with zero attached hydrogens (tertiary/aromatic N) is 2. The molecule has 5 nitrogen and oxygen atoms in total. The summed E-state index contributed by atoms with van der Waals surface area (Å²) in [5.74, 6) is 1.35. The molecule has 1 saturated heterocycles. The van der Waals surface area contributed by atoms with Crippen LogP contribution >= 0.6 is 0 Å². The molecule has 0 bridgehead atoms. The number of carbonyl (C=O) groups is 1. The standard InChI is InChI=1S/C23H32N2O3/c1-5-10-17-11-6-7-13-19(17)22(26)25-14-9-8-12-18(25)15-20-24-21(16(2)28-20)23(3,4)27/h6-7,11,13,18,27H,5,8-10,12,14-15H2,1-4H3. The highest BCUT2D eigenvalue weighted by atomic mass is 16.4. The molecule has 1 N–H and O–H groups in total. The fourth-order valence-corrected chi connectivity index (χ4v) is 4.16. The van der Waals surface area contributed by atoms with Gasteiger partial charge in [-0.25, -0.2) is 4.98 Å². The highest BCUT2D eigenvalue weighted by Gasteiger charge is 2.31. The molecule has 0 radical (unpaired) electrons. The van der Waals surface area contributed by atoms with E-state index < -0.39 is 5.60 Å². The van der Waals surface area contributed by atoms with Crippen molar-refractivity contribution in [3.63, 3.8) is 0 Å². The van der Waals surface area contributed by atoms with Gasteiger partial charge in [0.05, 0.1) is 0 Å². The molecule has 5 heteroatoms. The van der Waals surface area contributed by atoms with E-state index in [0.29, 0.717) is 23.8 Å². The number of aromatic nitrogens is 1. The van der Waals surface area contributed by atoms with E-state index in [1.807, 2.05) is 30.0 Å². The summed E-state index contributed by atoms with van der Waals surface area (Å²) >= 11 is 0. The zero-order valence-corrected chi connectivity index (χ0v) is 17.5. The van der Waals surface area contributed by atoms with Crippen LogP contribution in [-0.4, -0.2) is 33.5 Å². The second-order valence-electron chi connectivity index (χ2n) is 8.33. The van der Waals surface area contributed by atoms with Gasteiger partial charge in [0.25, 0.3) is 5.91 Å². The summed E-state index contributed by atoms with van der Waals surface area (Å²) in [6.45, 7) is 8.15. The number of oxazole rings is 1. The van der Waals surface area contributed by atoms with Crippen LogP contribution < -0.4 is 0 Å². The Morgan fingerprint density at radius 2 is 2.07 bits per heavy atom. The van der Waals surface area contributed by atoms with Crippen molar-refractivity contribution in [3.8, 4) is 0 Å². The predicted molar refractivity (Wildman–Crippen MR) is 109 cm³/mol. The first-order valence-corrected chi connectivity index (χ1v) is 10.4. The van der Waals surface area contributed by atoms with Gasteiger partial charge in [-0.2, -0.15) is 0 Å². The maximum Gasteiger partial charge on any atom is 0.254 e. The van der Waals surface area contributed by atoms with Gasteiger partial charge in [-0.15, -0.1) is 0 Å². The van der Waals surface area contributed by atoms with E-state index in [2.05, 4.69) is 18.0 Å². The molecule has 2 aromatic rings. The summed E-state index contributed by atoms with van der Waals surface area (Å²) in [6.07, 6.45) is 5.58. The van der Waals surface area contributed by atoms with Crippen molar-refractivity contribution in [2.24, 2.45) is 0 Å². The van der Waals surface area contributed by atoms with Gasteiger partial charge < -0.3 is 14.4 Å². The number of amides is 1. The third-order valence-electron chi connectivity index (χ3n) is 5.49. The molecule has 28 heavy (non-hydrogen) atoms. The highest BCUT2D eigenvalue weighted by Crippen LogP contribution is 2.27. The molecule has 1 atom stereocenters. The first-order chi connectivity index (χ1) is 13.3. The Bertz CT molecular complexity index is 819. The third-order valence-corrected chi connectivity index (χ3v) is 5.49. The third kappa shape index (κ3) is 4.46. The number of likely N-dealkylation sites (tertiary alicyclic amines) is 1. The van der Waals surface area contributed by atoms with Crippen molar-refractivity contribution in [2.45, 2.75) is 77.9 Å². The van der Waals surface area contributed by atoms with E-state index in [1.165, 1.54) is 0 Å². The van der Waals surface area contributed by atoms with Crippen LogP contribution in [0.2, 0.25) is 0 Å². The predicted octanol–water partition coefficient (Wildman–Crippen LogP) is 4.40. The summed E-state index contributed by atoms with van der Waals surface area (Å²) in [6, 6.07) is 8.02. The van der Waals surface area contributed by atoms with Crippen LogP contribution in [0, 0.1) is 6.92 Å². The maximum absolute atomic E-state index is 13.4. The molecule has 1 aliphatic rings. The van der Waals surface area contributed by atoms with Gasteiger partial charge in [0, 0.05) is 24.6 Å². The molecule has 152 valence electrons. The van der Waals surface area contributed by atoms with Crippen molar-refractivity contribution in [3.05, 3.63) is 52.7 Å². The minimum atomic E-state index is -1.03. The van der Waals surface area contributed by atoms with Crippen LogP contribution in [0.1, 0.15) is 79.7 Å². The average Bonchev–Trinajstić information content (AvgIpc) is 3.03. The van der Waals surface area contributed by atoms with Crippen molar-refractivity contribution in [1.82, 2.24) is 9.88 Å². The maximum atomic E-state index is 13.4. The minimum Gasteiger partial charge on any atom is -0.446 e.